The van der Waals surface area contributed by atoms with E-state index in [4.69, 9.17) is 10.9 Å². The minimum Gasteiger partial charge on any atom is -0.366 e. The van der Waals surface area contributed by atoms with Crippen LogP contribution in [0.4, 0.5) is 0 Å². The molecule has 18 heavy (non-hydrogen) atoms. The highest BCUT2D eigenvalue weighted by Gasteiger charge is 2.22. The van der Waals surface area contributed by atoms with Gasteiger partial charge < -0.3 is 11.1 Å². The van der Waals surface area contributed by atoms with Crippen LogP contribution >= 0.6 is 0 Å². The molecule has 0 aromatic heterocycles. The third kappa shape index (κ3) is 3.06. The van der Waals surface area contributed by atoms with E-state index in [1.165, 1.54) is 12.1 Å². The number of primary amides is 1. The van der Waals surface area contributed by atoms with Crippen LogP contribution in [0.25, 0.3) is 0 Å². The average Bonchev–Trinajstić information content (AvgIpc) is 3.08. The lowest BCUT2D eigenvalue weighted by Gasteiger charge is -2.09. The normalized spacial score (nSPS) is 15.6. The molecule has 98 valence electrons. The molecular weight excluding hydrogens is 254 g/mol. The molecule has 1 amide bonds. The first-order chi connectivity index (χ1) is 8.38. The fraction of sp³-hybridized carbons (Fsp3) is 0.364. The predicted octanol–water partition coefficient (Wildman–Crippen LogP) is -0.315. The van der Waals surface area contributed by atoms with Crippen molar-refractivity contribution >= 4 is 15.9 Å². The molecule has 1 aliphatic carbocycles. The highest BCUT2D eigenvalue weighted by Crippen LogP contribution is 2.21. The molecule has 2 rings (SSSR count). The van der Waals surface area contributed by atoms with E-state index in [0.29, 0.717) is 18.2 Å². The van der Waals surface area contributed by atoms with Gasteiger partial charge in [-0.15, -0.1) is 0 Å². The number of primary sulfonamides is 1. The van der Waals surface area contributed by atoms with Crippen LogP contribution in [0.1, 0.15) is 28.8 Å². The fourth-order valence-corrected chi connectivity index (χ4v) is 2.46. The molecule has 0 heterocycles. The molecule has 1 aromatic carbocycles. The molecule has 0 atom stereocenters. The first-order valence-electron chi connectivity index (χ1n) is 5.57. The van der Waals surface area contributed by atoms with Crippen LogP contribution in [0.15, 0.2) is 23.1 Å². The summed E-state index contributed by atoms with van der Waals surface area (Å²) in [6, 6.07) is 4.74. The lowest BCUT2D eigenvalue weighted by Crippen LogP contribution is -2.21. The highest BCUT2D eigenvalue weighted by atomic mass is 32.2. The van der Waals surface area contributed by atoms with Gasteiger partial charge in [0.05, 0.1) is 4.90 Å². The summed E-state index contributed by atoms with van der Waals surface area (Å²) in [5, 5.41) is 8.34. The number of sulfonamides is 1. The Balaban J connectivity index is 2.34. The zero-order valence-corrected chi connectivity index (χ0v) is 10.5. The minimum absolute atomic E-state index is 0.0491. The lowest BCUT2D eigenvalue weighted by molar-refractivity contribution is 0.1000. The lowest BCUT2D eigenvalue weighted by atomic mass is 10.1. The van der Waals surface area contributed by atoms with Crippen LogP contribution in [0.2, 0.25) is 0 Å². The van der Waals surface area contributed by atoms with Gasteiger partial charge in [0.2, 0.25) is 15.9 Å². The van der Waals surface area contributed by atoms with E-state index in [1.807, 2.05) is 0 Å². The van der Waals surface area contributed by atoms with Crippen molar-refractivity contribution in [2.24, 2.45) is 10.9 Å². The van der Waals surface area contributed by atoms with Crippen molar-refractivity contribution in [3.05, 3.63) is 29.3 Å². The molecule has 0 aliphatic heterocycles. The Morgan fingerprint density at radius 3 is 2.56 bits per heavy atom. The van der Waals surface area contributed by atoms with Crippen LogP contribution in [-0.4, -0.2) is 20.4 Å². The summed E-state index contributed by atoms with van der Waals surface area (Å²) >= 11 is 0. The summed E-state index contributed by atoms with van der Waals surface area (Å²) in [6.07, 6.45) is 2.20. The Kier molecular flexibility index (Phi) is 3.38. The number of carbonyl (C=O) groups is 1. The molecule has 0 unspecified atom stereocenters. The second-order valence-electron chi connectivity index (χ2n) is 4.39. The maximum atomic E-state index is 11.5. The average molecular weight is 269 g/mol. The van der Waals surface area contributed by atoms with Crippen molar-refractivity contribution in [1.29, 1.82) is 0 Å². The van der Waals surface area contributed by atoms with E-state index in [1.54, 1.807) is 6.07 Å². The summed E-state index contributed by atoms with van der Waals surface area (Å²) in [6.45, 7) is 0.412. The number of nitrogens with one attached hydrogen (secondary N) is 1. The van der Waals surface area contributed by atoms with Crippen LogP contribution < -0.4 is 16.2 Å². The van der Waals surface area contributed by atoms with Crippen molar-refractivity contribution in [1.82, 2.24) is 5.32 Å². The Morgan fingerprint density at radius 1 is 1.39 bits per heavy atom. The molecule has 0 saturated heterocycles. The number of rotatable bonds is 5. The molecule has 0 bridgehead atoms. The smallest absolute Gasteiger partial charge is 0.248 e. The van der Waals surface area contributed by atoms with E-state index in [-0.39, 0.29) is 10.5 Å². The SMILES string of the molecule is NC(=O)c1ccc(CNC2CC2)c(S(N)(=O)=O)c1. The van der Waals surface area contributed by atoms with Crippen molar-refractivity contribution in [2.45, 2.75) is 30.3 Å². The van der Waals surface area contributed by atoms with Gasteiger partial charge in [-0.2, -0.15) is 0 Å². The summed E-state index contributed by atoms with van der Waals surface area (Å²) < 4.78 is 23.0. The van der Waals surface area contributed by atoms with Gasteiger partial charge in [-0.05, 0) is 30.5 Å². The Hall–Kier alpha value is -1.44. The van der Waals surface area contributed by atoms with Crippen LogP contribution in [0.3, 0.4) is 0 Å². The standard InChI is InChI=1S/C11H15N3O3S/c12-11(15)7-1-2-8(6-14-9-3-4-9)10(5-7)18(13,16)17/h1-2,5,9,14H,3-4,6H2,(H2,12,15)(H2,13,16,17). The summed E-state index contributed by atoms with van der Waals surface area (Å²) in [4.78, 5) is 11.0. The molecule has 1 saturated carbocycles. The Labute approximate surface area is 105 Å². The monoisotopic (exact) mass is 269 g/mol. The predicted molar refractivity (Wildman–Crippen MR) is 66.2 cm³/mol. The quantitative estimate of drug-likeness (QED) is 0.679. The third-order valence-corrected chi connectivity index (χ3v) is 3.81. The van der Waals surface area contributed by atoms with Crippen molar-refractivity contribution in [3.63, 3.8) is 0 Å². The zero-order valence-electron chi connectivity index (χ0n) is 9.72. The van der Waals surface area contributed by atoms with Crippen LogP contribution in [0.5, 0.6) is 0 Å². The van der Waals surface area contributed by atoms with Crippen molar-refractivity contribution in [3.8, 4) is 0 Å². The van der Waals surface area contributed by atoms with Gasteiger partial charge in [-0.25, -0.2) is 13.6 Å². The first-order valence-corrected chi connectivity index (χ1v) is 7.11. The van der Waals surface area contributed by atoms with Crippen molar-refractivity contribution < 1.29 is 13.2 Å². The van der Waals surface area contributed by atoms with E-state index in [9.17, 15) is 13.2 Å². The number of nitrogens with two attached hydrogens (primary N) is 2. The molecule has 6 nitrogen and oxygen atoms in total. The van der Waals surface area contributed by atoms with Crippen molar-refractivity contribution in [2.75, 3.05) is 0 Å². The van der Waals surface area contributed by atoms with Crippen LogP contribution in [-0.2, 0) is 16.6 Å². The number of carbonyl (C=O) groups excluding carboxylic acids is 1. The Bertz CT molecular complexity index is 579. The van der Waals surface area contributed by atoms with Gasteiger partial charge >= 0.3 is 0 Å². The third-order valence-electron chi connectivity index (χ3n) is 2.82. The van der Waals surface area contributed by atoms with E-state index >= 15 is 0 Å². The van der Waals surface area contributed by atoms with E-state index < -0.39 is 15.9 Å². The summed E-state index contributed by atoms with van der Waals surface area (Å²) in [5.41, 5.74) is 5.80. The molecule has 7 heteroatoms. The second-order valence-corrected chi connectivity index (χ2v) is 5.92. The van der Waals surface area contributed by atoms with Gasteiger partial charge in [0.1, 0.15) is 0 Å². The molecule has 1 aliphatic rings. The maximum Gasteiger partial charge on any atom is 0.248 e. The van der Waals surface area contributed by atoms with Gasteiger partial charge in [-0.1, -0.05) is 6.07 Å². The molecule has 5 N–H and O–H groups in total. The van der Waals surface area contributed by atoms with E-state index in [2.05, 4.69) is 5.32 Å². The maximum absolute atomic E-state index is 11.5. The Morgan fingerprint density at radius 2 is 2.06 bits per heavy atom. The van der Waals surface area contributed by atoms with Gasteiger partial charge in [0.15, 0.2) is 0 Å². The minimum atomic E-state index is -3.86. The summed E-state index contributed by atoms with van der Waals surface area (Å²) in [7, 11) is -3.86. The number of hydrogen-bond donors (Lipinski definition) is 3. The fourth-order valence-electron chi connectivity index (χ4n) is 1.66. The largest absolute Gasteiger partial charge is 0.366 e. The molecule has 1 fully saturated rings. The van der Waals surface area contributed by atoms with Crippen LogP contribution in [0, 0.1) is 0 Å². The summed E-state index contributed by atoms with van der Waals surface area (Å²) in [5.74, 6) is -0.679. The van der Waals surface area contributed by atoms with Gasteiger partial charge in [0.25, 0.3) is 0 Å². The number of hydrogen-bond acceptors (Lipinski definition) is 4. The van der Waals surface area contributed by atoms with E-state index in [0.717, 1.165) is 12.8 Å². The topological polar surface area (TPSA) is 115 Å². The highest BCUT2D eigenvalue weighted by molar-refractivity contribution is 7.89. The van der Waals surface area contributed by atoms with Gasteiger partial charge in [0, 0.05) is 18.2 Å². The zero-order chi connectivity index (χ0) is 13.3. The molecule has 0 spiro atoms. The van der Waals surface area contributed by atoms with Gasteiger partial charge in [-0.3, -0.25) is 4.79 Å². The molecule has 1 aromatic rings. The number of benzene rings is 1. The molecular formula is C11H15N3O3S. The second kappa shape index (κ2) is 4.68. The number of amides is 1. The first kappa shape index (κ1) is 13.0. The molecule has 0 radical (unpaired) electrons.